The number of piperidine rings is 3. The van der Waals surface area contributed by atoms with Gasteiger partial charge in [-0.05, 0) is 56.5 Å². The van der Waals surface area contributed by atoms with Crippen LogP contribution in [0.5, 0.6) is 11.5 Å². The molecular weight excluding hydrogens is 490 g/mol. The number of ether oxygens (including phenoxy) is 2. The summed E-state index contributed by atoms with van der Waals surface area (Å²) in [7, 11) is 0. The van der Waals surface area contributed by atoms with Gasteiger partial charge in [-0.25, -0.2) is 0 Å². The Morgan fingerprint density at radius 2 is 1.47 bits per heavy atom. The molecule has 3 saturated heterocycles. The molecule has 0 aromatic heterocycles. The highest BCUT2D eigenvalue weighted by atomic mass is 79.9. The van der Waals surface area contributed by atoms with Crippen LogP contribution in [0.15, 0.2) is 78.9 Å². The van der Waals surface area contributed by atoms with Crippen molar-refractivity contribution in [2.45, 2.75) is 37.2 Å². The Morgan fingerprint density at radius 3 is 2.06 bits per heavy atom. The lowest BCUT2D eigenvalue weighted by molar-refractivity contribution is -0.186. The number of aryl methyl sites for hydroxylation is 1. The molecule has 1 unspecified atom stereocenters. The summed E-state index contributed by atoms with van der Waals surface area (Å²) in [5.74, 6) is 1.28. The number of carbonyl (C=O) groups excluding carboxylic acids is 1. The number of hydrogen-bond acceptors (Lipinski definition) is 4. The third-order valence-electron chi connectivity index (χ3n) is 7.72. The minimum atomic E-state index is -0.463. The summed E-state index contributed by atoms with van der Waals surface area (Å²) in [6.07, 6.45) is 3.97. The van der Waals surface area contributed by atoms with Gasteiger partial charge in [-0.1, -0.05) is 66.7 Å². The minimum Gasteiger partial charge on any atom is -0.457 e. The zero-order valence-corrected chi connectivity index (χ0v) is 20.9. The molecule has 4 nitrogen and oxygen atoms in total. The van der Waals surface area contributed by atoms with Crippen molar-refractivity contribution >= 4 is 23.0 Å². The molecule has 5 heteroatoms. The van der Waals surface area contributed by atoms with Crippen LogP contribution in [0, 0.1) is 5.92 Å². The molecule has 1 atom stereocenters. The van der Waals surface area contributed by atoms with Gasteiger partial charge in [-0.15, -0.1) is 17.0 Å². The first kappa shape index (κ1) is 23.1. The largest absolute Gasteiger partial charge is 0.457 e. The zero-order chi connectivity index (χ0) is 22.3. The Balaban J connectivity index is 0.00000241. The van der Waals surface area contributed by atoms with Crippen LogP contribution >= 0.6 is 17.0 Å². The third-order valence-corrected chi connectivity index (χ3v) is 7.72. The van der Waals surface area contributed by atoms with Crippen molar-refractivity contribution in [3.05, 3.63) is 95.6 Å². The average molecular weight is 520 g/mol. The maximum Gasteiger partial charge on any atom is 0.318 e. The van der Waals surface area contributed by atoms with Gasteiger partial charge in [0.25, 0.3) is 0 Å². The van der Waals surface area contributed by atoms with E-state index in [4.69, 9.17) is 9.47 Å². The average Bonchev–Trinajstić information content (AvgIpc) is 2.87. The van der Waals surface area contributed by atoms with Crippen molar-refractivity contribution in [1.82, 2.24) is 4.90 Å². The molecule has 2 bridgehead atoms. The molecule has 4 aliphatic rings. The summed E-state index contributed by atoms with van der Waals surface area (Å²) in [6.45, 7) is 3.05. The number of hydrogen-bond donors (Lipinski definition) is 0. The number of para-hydroxylation sites is 2. The first-order valence-electron chi connectivity index (χ1n) is 12.1. The van der Waals surface area contributed by atoms with Crippen molar-refractivity contribution in [3.8, 4) is 11.5 Å². The fourth-order valence-electron chi connectivity index (χ4n) is 6.00. The molecule has 3 aromatic rings. The van der Waals surface area contributed by atoms with Gasteiger partial charge in [-0.2, -0.15) is 0 Å². The summed E-state index contributed by atoms with van der Waals surface area (Å²) in [6, 6.07) is 26.2. The number of nitrogens with zero attached hydrogens (tertiary/aromatic N) is 1. The van der Waals surface area contributed by atoms with Crippen molar-refractivity contribution in [1.29, 1.82) is 0 Å². The van der Waals surface area contributed by atoms with Crippen LogP contribution in [0.1, 0.15) is 41.9 Å². The molecule has 3 fully saturated rings. The van der Waals surface area contributed by atoms with Gasteiger partial charge in [0.2, 0.25) is 0 Å². The minimum absolute atomic E-state index is 0. The number of carbonyl (C=O) groups is 1. The lowest BCUT2D eigenvalue weighted by atomic mass is 9.72. The first-order valence-corrected chi connectivity index (χ1v) is 12.1. The number of benzene rings is 3. The fraction of sp³-hybridized carbons (Fsp3) is 0.345. The van der Waals surface area contributed by atoms with Gasteiger partial charge in [0.05, 0.1) is 0 Å². The topological polar surface area (TPSA) is 38.8 Å². The first-order chi connectivity index (χ1) is 16.2. The van der Waals surface area contributed by atoms with E-state index in [1.54, 1.807) is 0 Å². The van der Waals surface area contributed by atoms with E-state index < -0.39 is 11.5 Å². The van der Waals surface area contributed by atoms with Crippen LogP contribution in [0.25, 0.3) is 0 Å². The molecule has 176 valence electrons. The molecule has 7 rings (SSSR count). The van der Waals surface area contributed by atoms with Gasteiger partial charge in [0.15, 0.2) is 0 Å². The van der Waals surface area contributed by atoms with Crippen LogP contribution in [0.3, 0.4) is 0 Å². The van der Waals surface area contributed by atoms with E-state index in [9.17, 15) is 4.79 Å². The number of rotatable bonds is 5. The quantitative estimate of drug-likeness (QED) is 0.379. The molecule has 0 radical (unpaired) electrons. The maximum absolute atomic E-state index is 14.0. The van der Waals surface area contributed by atoms with Gasteiger partial charge >= 0.3 is 5.97 Å². The highest BCUT2D eigenvalue weighted by Crippen LogP contribution is 2.47. The molecule has 0 saturated carbocycles. The highest BCUT2D eigenvalue weighted by Gasteiger charge is 2.50. The second-order valence-electron chi connectivity index (χ2n) is 9.63. The molecule has 34 heavy (non-hydrogen) atoms. The molecule has 4 heterocycles. The van der Waals surface area contributed by atoms with E-state index in [1.807, 2.05) is 54.6 Å². The standard InChI is InChI=1S/C29H29NO3.BrH/c31-28(27-23-10-4-6-12-25(23)32-26-13-7-5-11-24(26)27)33-29(17-14-21-8-2-1-3-9-21)20-30-18-15-22(29)16-19-30;/h1-13,22,27H,14-20H2;1H. The van der Waals surface area contributed by atoms with Gasteiger partial charge in [0.1, 0.15) is 23.0 Å². The number of esters is 1. The summed E-state index contributed by atoms with van der Waals surface area (Å²) in [4.78, 5) is 16.5. The maximum atomic E-state index is 14.0. The molecule has 0 amide bonds. The van der Waals surface area contributed by atoms with Gasteiger partial charge in [-0.3, -0.25) is 9.69 Å². The molecule has 0 N–H and O–H groups in total. The second-order valence-corrected chi connectivity index (χ2v) is 9.63. The van der Waals surface area contributed by atoms with E-state index in [1.165, 1.54) is 5.56 Å². The lowest BCUT2D eigenvalue weighted by Gasteiger charge is -2.53. The van der Waals surface area contributed by atoms with Crippen LogP contribution in [0.4, 0.5) is 0 Å². The van der Waals surface area contributed by atoms with Crippen LogP contribution < -0.4 is 4.74 Å². The fourth-order valence-corrected chi connectivity index (χ4v) is 6.00. The lowest BCUT2D eigenvalue weighted by Crippen LogP contribution is -2.61. The molecule has 3 aromatic carbocycles. The van der Waals surface area contributed by atoms with Crippen molar-refractivity contribution in [2.75, 3.05) is 19.6 Å². The van der Waals surface area contributed by atoms with Crippen LogP contribution in [-0.4, -0.2) is 36.1 Å². The Bertz CT molecular complexity index is 1110. The Kier molecular flexibility index (Phi) is 6.50. The normalized spacial score (nSPS) is 24.8. The van der Waals surface area contributed by atoms with Crippen molar-refractivity contribution in [3.63, 3.8) is 0 Å². The Morgan fingerprint density at radius 1 is 0.882 bits per heavy atom. The van der Waals surface area contributed by atoms with Crippen molar-refractivity contribution < 1.29 is 14.3 Å². The predicted octanol–water partition coefficient (Wildman–Crippen LogP) is 6.14. The van der Waals surface area contributed by atoms with E-state index >= 15 is 0 Å². The summed E-state index contributed by atoms with van der Waals surface area (Å²) in [5.41, 5.74) is 2.64. The van der Waals surface area contributed by atoms with Crippen LogP contribution in [0.2, 0.25) is 0 Å². The predicted molar refractivity (Wildman–Crippen MR) is 138 cm³/mol. The summed E-state index contributed by atoms with van der Waals surface area (Å²) < 4.78 is 12.8. The summed E-state index contributed by atoms with van der Waals surface area (Å²) >= 11 is 0. The molecule has 4 aliphatic heterocycles. The van der Waals surface area contributed by atoms with Gasteiger partial charge < -0.3 is 9.47 Å². The highest BCUT2D eigenvalue weighted by molar-refractivity contribution is 8.93. The van der Waals surface area contributed by atoms with E-state index in [0.717, 1.165) is 67.9 Å². The SMILES string of the molecule is Br.O=C(OC1(CCc2ccccc2)CN2CCC1CC2)C1c2ccccc2Oc2ccccc21. The number of fused-ring (bicyclic) bond motifs is 5. The zero-order valence-electron chi connectivity index (χ0n) is 19.2. The second kappa shape index (κ2) is 9.55. The Labute approximate surface area is 211 Å². The van der Waals surface area contributed by atoms with Crippen molar-refractivity contribution in [2.24, 2.45) is 5.92 Å². The Hall–Kier alpha value is -2.63. The molecule has 0 spiro atoms. The van der Waals surface area contributed by atoms with Gasteiger partial charge in [0, 0.05) is 23.6 Å². The summed E-state index contributed by atoms with van der Waals surface area (Å²) in [5, 5.41) is 0. The molecule has 0 aliphatic carbocycles. The van der Waals surface area contributed by atoms with E-state index in [0.29, 0.717) is 5.92 Å². The monoisotopic (exact) mass is 519 g/mol. The molecular formula is C29H30BrNO3. The van der Waals surface area contributed by atoms with E-state index in [-0.39, 0.29) is 23.0 Å². The van der Waals surface area contributed by atoms with E-state index in [2.05, 4.69) is 29.2 Å². The smallest absolute Gasteiger partial charge is 0.318 e. The third kappa shape index (κ3) is 4.16. The number of halogens is 1. The van der Waals surface area contributed by atoms with Crippen LogP contribution in [-0.2, 0) is 16.0 Å².